The predicted molar refractivity (Wildman–Crippen MR) is 92.5 cm³/mol. The number of amides is 1. The average Bonchev–Trinajstić information content (AvgIpc) is 2.63. The molecule has 126 valence electrons. The predicted octanol–water partition coefficient (Wildman–Crippen LogP) is 2.83. The zero-order valence-corrected chi connectivity index (χ0v) is 14.0. The fourth-order valence-electron chi connectivity index (χ4n) is 2.12. The highest BCUT2D eigenvalue weighted by atomic mass is 35.5. The minimum atomic E-state index is -0.915. The molecule has 0 aliphatic carbocycles. The Balaban J connectivity index is 2.09. The van der Waals surface area contributed by atoms with Crippen LogP contribution in [-0.2, 0) is 9.53 Å². The number of nitrogens with one attached hydrogen (secondary N) is 2. The van der Waals surface area contributed by atoms with Gasteiger partial charge in [-0.25, -0.2) is 5.43 Å². The van der Waals surface area contributed by atoms with Gasteiger partial charge in [-0.2, -0.15) is 0 Å². The molecule has 0 heterocycles. The molecule has 24 heavy (non-hydrogen) atoms. The maximum absolute atomic E-state index is 12.2. The van der Waals surface area contributed by atoms with Crippen LogP contribution in [0.15, 0.2) is 60.7 Å². The highest BCUT2D eigenvalue weighted by Crippen LogP contribution is 2.24. The second kappa shape index (κ2) is 9.05. The molecule has 0 aromatic heterocycles. The first kappa shape index (κ1) is 18.0. The number of rotatable bonds is 7. The number of alkyl halides is 1. The summed E-state index contributed by atoms with van der Waals surface area (Å²) in [6.07, 6.45) is 0. The molecule has 0 bridgehead atoms. The van der Waals surface area contributed by atoms with Gasteiger partial charge in [-0.05, 0) is 24.6 Å². The molecule has 2 aromatic carbocycles. The zero-order chi connectivity index (χ0) is 17.4. The van der Waals surface area contributed by atoms with Gasteiger partial charge in [-0.1, -0.05) is 48.5 Å². The van der Waals surface area contributed by atoms with Gasteiger partial charge in [0.05, 0.1) is 12.0 Å². The third kappa shape index (κ3) is 4.81. The number of ether oxygens (including phenoxy) is 1. The van der Waals surface area contributed by atoms with Crippen LogP contribution in [0.5, 0.6) is 0 Å². The second-order valence-corrected chi connectivity index (χ2v) is 5.48. The summed E-state index contributed by atoms with van der Waals surface area (Å²) >= 11 is 6.42. The first-order valence-electron chi connectivity index (χ1n) is 7.60. The Labute approximate surface area is 145 Å². The van der Waals surface area contributed by atoms with E-state index < -0.39 is 17.4 Å². The lowest BCUT2D eigenvalue weighted by atomic mass is 10.1. The van der Waals surface area contributed by atoms with Crippen molar-refractivity contribution in [1.29, 1.82) is 0 Å². The van der Waals surface area contributed by atoms with Crippen molar-refractivity contribution in [2.24, 2.45) is 0 Å². The number of carbonyl (C=O) groups excluding carboxylic acids is 2. The van der Waals surface area contributed by atoms with Crippen molar-refractivity contribution < 1.29 is 14.3 Å². The topological polar surface area (TPSA) is 67.4 Å². The molecule has 2 N–H and O–H groups in total. The smallest absolute Gasteiger partial charge is 0.326 e. The minimum absolute atomic E-state index is 0.224. The van der Waals surface area contributed by atoms with Crippen molar-refractivity contribution in [3.63, 3.8) is 0 Å². The van der Waals surface area contributed by atoms with Gasteiger partial charge in [0.25, 0.3) is 5.91 Å². The molecule has 0 unspecified atom stereocenters. The van der Waals surface area contributed by atoms with Gasteiger partial charge in [0.15, 0.2) is 0 Å². The maximum atomic E-state index is 12.2. The number of carbonyl (C=O) groups is 2. The molecule has 6 heteroatoms. The number of benzene rings is 2. The van der Waals surface area contributed by atoms with E-state index in [9.17, 15) is 9.59 Å². The average molecular weight is 347 g/mol. The number of hydrazine groups is 1. The van der Waals surface area contributed by atoms with E-state index in [1.165, 1.54) is 0 Å². The van der Waals surface area contributed by atoms with E-state index in [0.29, 0.717) is 5.56 Å². The Hall–Kier alpha value is -2.37. The maximum Gasteiger partial charge on any atom is 0.326 e. The van der Waals surface area contributed by atoms with Gasteiger partial charge < -0.3 is 4.74 Å². The number of hydrogen-bond acceptors (Lipinski definition) is 4. The van der Waals surface area contributed by atoms with Crippen LogP contribution in [0.3, 0.4) is 0 Å². The molecule has 2 rings (SSSR count). The van der Waals surface area contributed by atoms with Gasteiger partial charge in [-0.15, -0.1) is 11.6 Å². The highest BCUT2D eigenvalue weighted by molar-refractivity contribution is 6.22. The molecule has 0 fully saturated rings. The van der Waals surface area contributed by atoms with Crippen molar-refractivity contribution in [2.75, 3.05) is 6.61 Å². The summed E-state index contributed by atoms with van der Waals surface area (Å²) in [4.78, 5) is 24.3. The molecule has 5 nitrogen and oxygen atoms in total. The summed E-state index contributed by atoms with van der Waals surface area (Å²) in [6.45, 7) is 1.94. The molecule has 2 aromatic rings. The standard InChI is InChI=1S/C18H19ClN2O3/c1-2-24-18(23)16(15(19)13-9-5-3-6-10-13)20-21-17(22)14-11-7-4-8-12-14/h3-12,15-16,20H,2H2,1H3,(H,21,22)/t15-,16-/m0/s1. The zero-order valence-electron chi connectivity index (χ0n) is 13.2. The SMILES string of the molecule is CCOC(=O)[C@@H](NNC(=O)c1ccccc1)[C@@H](Cl)c1ccccc1. The quantitative estimate of drug-likeness (QED) is 0.459. The lowest BCUT2D eigenvalue weighted by molar-refractivity contribution is -0.146. The molecule has 0 saturated heterocycles. The van der Waals surface area contributed by atoms with Crippen molar-refractivity contribution in [3.8, 4) is 0 Å². The lowest BCUT2D eigenvalue weighted by Crippen LogP contribution is -2.50. The third-order valence-corrected chi connectivity index (χ3v) is 3.83. The minimum Gasteiger partial charge on any atom is -0.465 e. The van der Waals surface area contributed by atoms with Gasteiger partial charge in [0.1, 0.15) is 6.04 Å². The summed E-state index contributed by atoms with van der Waals surface area (Å²) in [7, 11) is 0. The summed E-state index contributed by atoms with van der Waals surface area (Å²) in [5.41, 5.74) is 6.43. The fourth-order valence-corrected chi connectivity index (χ4v) is 2.43. The molecular weight excluding hydrogens is 328 g/mol. The van der Waals surface area contributed by atoms with E-state index in [1.807, 2.05) is 36.4 Å². The molecule has 0 spiro atoms. The van der Waals surface area contributed by atoms with Gasteiger partial charge >= 0.3 is 5.97 Å². The van der Waals surface area contributed by atoms with Crippen LogP contribution in [0.25, 0.3) is 0 Å². The van der Waals surface area contributed by atoms with Crippen LogP contribution in [0.4, 0.5) is 0 Å². The first-order valence-corrected chi connectivity index (χ1v) is 8.03. The van der Waals surface area contributed by atoms with E-state index in [-0.39, 0.29) is 12.5 Å². The largest absolute Gasteiger partial charge is 0.465 e. The van der Waals surface area contributed by atoms with Crippen molar-refractivity contribution in [2.45, 2.75) is 18.3 Å². The second-order valence-electron chi connectivity index (χ2n) is 5.01. The summed E-state index contributed by atoms with van der Waals surface area (Å²) in [6, 6.07) is 16.9. The van der Waals surface area contributed by atoms with Crippen LogP contribution in [0.1, 0.15) is 28.2 Å². The van der Waals surface area contributed by atoms with Gasteiger partial charge in [0.2, 0.25) is 0 Å². The molecule has 1 amide bonds. The third-order valence-electron chi connectivity index (χ3n) is 3.33. The van der Waals surface area contributed by atoms with Crippen LogP contribution in [-0.4, -0.2) is 24.5 Å². The van der Waals surface area contributed by atoms with Gasteiger partial charge in [-0.3, -0.25) is 15.0 Å². The Kier molecular flexibility index (Phi) is 6.78. The summed E-state index contributed by atoms with van der Waals surface area (Å²) in [5, 5.41) is -0.693. The van der Waals surface area contributed by atoms with Crippen LogP contribution in [0.2, 0.25) is 0 Å². The monoisotopic (exact) mass is 346 g/mol. The number of halogens is 1. The van der Waals surface area contributed by atoms with Crippen molar-refractivity contribution in [3.05, 3.63) is 71.8 Å². The van der Waals surface area contributed by atoms with E-state index in [4.69, 9.17) is 16.3 Å². The Morgan fingerprint density at radius 1 is 1.04 bits per heavy atom. The van der Waals surface area contributed by atoms with Gasteiger partial charge in [0, 0.05) is 5.56 Å². The Morgan fingerprint density at radius 2 is 1.62 bits per heavy atom. The lowest BCUT2D eigenvalue weighted by Gasteiger charge is -2.22. The van der Waals surface area contributed by atoms with Crippen LogP contribution < -0.4 is 10.9 Å². The number of esters is 1. The molecule has 2 atom stereocenters. The molecule has 0 radical (unpaired) electrons. The van der Waals surface area contributed by atoms with E-state index >= 15 is 0 Å². The Morgan fingerprint density at radius 3 is 2.21 bits per heavy atom. The Bertz CT molecular complexity index is 664. The van der Waals surface area contributed by atoms with E-state index in [0.717, 1.165) is 5.56 Å². The first-order chi connectivity index (χ1) is 11.6. The molecule has 0 saturated carbocycles. The van der Waals surface area contributed by atoms with Crippen LogP contribution >= 0.6 is 11.6 Å². The summed E-state index contributed by atoms with van der Waals surface area (Å²) < 4.78 is 5.05. The normalized spacial score (nSPS) is 12.9. The fraction of sp³-hybridized carbons (Fsp3) is 0.222. The molecule has 0 aliphatic heterocycles. The van der Waals surface area contributed by atoms with E-state index in [2.05, 4.69) is 10.9 Å². The number of hydrogen-bond donors (Lipinski definition) is 2. The van der Waals surface area contributed by atoms with E-state index in [1.54, 1.807) is 31.2 Å². The molecular formula is C18H19ClN2O3. The van der Waals surface area contributed by atoms with Crippen molar-refractivity contribution >= 4 is 23.5 Å². The summed E-state index contributed by atoms with van der Waals surface area (Å²) in [5.74, 6) is -0.892. The van der Waals surface area contributed by atoms with Crippen molar-refractivity contribution in [1.82, 2.24) is 10.9 Å². The highest BCUT2D eigenvalue weighted by Gasteiger charge is 2.29. The molecule has 0 aliphatic rings. The van der Waals surface area contributed by atoms with Crippen LogP contribution in [0, 0.1) is 0 Å².